The van der Waals surface area contributed by atoms with Crippen molar-refractivity contribution in [3.8, 4) is 0 Å². The summed E-state index contributed by atoms with van der Waals surface area (Å²) in [4.78, 5) is 50.4. The molecule has 3 N–H and O–H groups in total. The Morgan fingerprint density at radius 1 is 0.557 bits per heavy atom. The summed E-state index contributed by atoms with van der Waals surface area (Å²) in [5, 5.41) is 31.1. The van der Waals surface area contributed by atoms with Gasteiger partial charge in [-0.15, -0.1) is 0 Å². The van der Waals surface area contributed by atoms with Gasteiger partial charge in [0, 0.05) is 19.3 Å². The van der Waals surface area contributed by atoms with Gasteiger partial charge >= 0.3 is 23.9 Å². The molecule has 61 heavy (non-hydrogen) atoms. The topological polar surface area (TPSA) is 175 Å². The molecule has 6 atom stereocenters. The molecule has 0 aromatic carbocycles. The number of hydrogen-bond acceptors (Lipinski definition) is 11. The van der Waals surface area contributed by atoms with Crippen LogP contribution in [0.1, 0.15) is 188 Å². The normalized spacial score (nSPS) is 19.9. The van der Waals surface area contributed by atoms with E-state index in [9.17, 15) is 34.5 Å². The first kappa shape index (κ1) is 55.7. The van der Waals surface area contributed by atoms with E-state index in [2.05, 4.69) is 57.2 Å². The van der Waals surface area contributed by atoms with E-state index in [1.54, 1.807) is 0 Å². The number of ether oxygens (including phenoxy) is 5. The van der Waals surface area contributed by atoms with Gasteiger partial charge in [-0.1, -0.05) is 172 Å². The van der Waals surface area contributed by atoms with Crippen molar-refractivity contribution < 1.29 is 58.2 Å². The highest BCUT2D eigenvalue weighted by Gasteiger charge is 2.50. The zero-order valence-corrected chi connectivity index (χ0v) is 37.9. The maximum atomic E-state index is 12.9. The summed E-state index contributed by atoms with van der Waals surface area (Å²) >= 11 is 0. The number of rotatable bonds is 38. The molecule has 0 saturated carbocycles. The van der Waals surface area contributed by atoms with Gasteiger partial charge in [0.15, 0.2) is 24.6 Å². The molecule has 0 spiro atoms. The molecule has 0 aliphatic carbocycles. The third-order valence-corrected chi connectivity index (χ3v) is 10.4. The van der Waals surface area contributed by atoms with Crippen LogP contribution in [0.15, 0.2) is 48.6 Å². The molecule has 350 valence electrons. The number of unbranched alkanes of at least 4 members (excludes halogenated alkanes) is 16. The monoisotopic (exact) mass is 863 g/mol. The van der Waals surface area contributed by atoms with Gasteiger partial charge in [-0.25, -0.2) is 4.79 Å². The van der Waals surface area contributed by atoms with Crippen LogP contribution in [0.25, 0.3) is 0 Å². The number of esters is 3. The fraction of sp³-hybridized carbons (Fsp3) is 0.755. The van der Waals surface area contributed by atoms with Crippen LogP contribution in [-0.2, 0) is 42.9 Å². The Hall–Kier alpha value is -3.32. The van der Waals surface area contributed by atoms with Crippen LogP contribution in [0.4, 0.5) is 0 Å². The molecule has 1 fully saturated rings. The molecular formula is C49H82O12. The van der Waals surface area contributed by atoms with Crippen LogP contribution in [0.3, 0.4) is 0 Å². The maximum absolute atomic E-state index is 12.9. The summed E-state index contributed by atoms with van der Waals surface area (Å²) in [6, 6.07) is 0. The number of allylic oxidation sites excluding steroid dienone is 8. The van der Waals surface area contributed by atoms with Crippen molar-refractivity contribution in [1.29, 1.82) is 0 Å². The van der Waals surface area contributed by atoms with Gasteiger partial charge in [0.1, 0.15) is 18.8 Å². The zero-order chi connectivity index (χ0) is 44.8. The van der Waals surface area contributed by atoms with Crippen molar-refractivity contribution >= 4 is 23.9 Å². The van der Waals surface area contributed by atoms with Gasteiger partial charge in [0.25, 0.3) is 0 Å². The Kier molecular flexibility index (Phi) is 35.0. The molecule has 0 aromatic rings. The second kappa shape index (κ2) is 38.4. The summed E-state index contributed by atoms with van der Waals surface area (Å²) in [6.45, 7) is 5.70. The van der Waals surface area contributed by atoms with E-state index in [0.717, 1.165) is 70.6 Å². The molecule has 1 rings (SSSR count). The number of carbonyl (C=O) groups is 4. The second-order valence-electron chi connectivity index (χ2n) is 16.0. The molecule has 12 heteroatoms. The van der Waals surface area contributed by atoms with Crippen LogP contribution in [0, 0.1) is 0 Å². The van der Waals surface area contributed by atoms with E-state index >= 15 is 0 Å². The molecule has 0 amide bonds. The maximum Gasteiger partial charge on any atom is 0.335 e. The Bertz CT molecular complexity index is 1260. The summed E-state index contributed by atoms with van der Waals surface area (Å²) in [5.74, 6) is -3.23. The van der Waals surface area contributed by atoms with Crippen molar-refractivity contribution in [2.24, 2.45) is 0 Å². The van der Waals surface area contributed by atoms with Crippen LogP contribution in [-0.4, -0.2) is 89.2 Å². The fourth-order valence-corrected chi connectivity index (χ4v) is 6.79. The van der Waals surface area contributed by atoms with Crippen molar-refractivity contribution in [2.75, 3.05) is 13.2 Å². The summed E-state index contributed by atoms with van der Waals surface area (Å²) in [5.41, 5.74) is 0. The zero-order valence-electron chi connectivity index (χ0n) is 37.9. The van der Waals surface area contributed by atoms with E-state index in [0.29, 0.717) is 19.3 Å². The lowest BCUT2D eigenvalue weighted by atomic mass is 9.98. The molecule has 6 unspecified atom stereocenters. The largest absolute Gasteiger partial charge is 0.479 e. The van der Waals surface area contributed by atoms with Crippen LogP contribution >= 0.6 is 0 Å². The molecule has 0 bridgehead atoms. The number of carbonyl (C=O) groups excluding carboxylic acids is 3. The van der Waals surface area contributed by atoms with Crippen molar-refractivity contribution in [3.05, 3.63) is 48.6 Å². The van der Waals surface area contributed by atoms with Gasteiger partial charge < -0.3 is 39.0 Å². The quantitative estimate of drug-likeness (QED) is 0.0232. The highest BCUT2D eigenvalue weighted by Crippen LogP contribution is 2.26. The number of aliphatic hydroxyl groups excluding tert-OH is 2. The van der Waals surface area contributed by atoms with Gasteiger partial charge in [0.2, 0.25) is 0 Å². The van der Waals surface area contributed by atoms with E-state index < -0.39 is 67.3 Å². The first-order valence-corrected chi connectivity index (χ1v) is 23.6. The highest BCUT2D eigenvalue weighted by molar-refractivity contribution is 5.74. The van der Waals surface area contributed by atoms with E-state index in [4.69, 9.17) is 23.7 Å². The molecule has 1 aliphatic rings. The Morgan fingerprint density at radius 3 is 1.54 bits per heavy atom. The second-order valence-corrected chi connectivity index (χ2v) is 16.0. The third-order valence-electron chi connectivity index (χ3n) is 10.4. The number of carboxylic acids is 1. The smallest absolute Gasteiger partial charge is 0.335 e. The van der Waals surface area contributed by atoms with Gasteiger partial charge in [-0.2, -0.15) is 0 Å². The first-order valence-electron chi connectivity index (χ1n) is 23.6. The van der Waals surface area contributed by atoms with Gasteiger partial charge in [-0.05, 0) is 44.9 Å². The molecular weight excluding hydrogens is 781 g/mol. The molecule has 1 aliphatic heterocycles. The Labute approximate surface area is 367 Å². The van der Waals surface area contributed by atoms with Crippen molar-refractivity contribution in [3.63, 3.8) is 0 Å². The van der Waals surface area contributed by atoms with Gasteiger partial charge in [-0.3, -0.25) is 14.4 Å². The molecule has 0 aromatic heterocycles. The molecule has 12 nitrogen and oxygen atoms in total. The summed E-state index contributed by atoms with van der Waals surface area (Å²) in [7, 11) is 0. The average molecular weight is 863 g/mol. The number of aliphatic hydroxyl groups is 2. The first-order chi connectivity index (χ1) is 29.6. The predicted octanol–water partition coefficient (Wildman–Crippen LogP) is 10.3. The molecule has 1 saturated heterocycles. The molecule has 0 radical (unpaired) electrons. The Balaban J connectivity index is 2.81. The number of carboxylic acid groups (broad SMARTS) is 1. The van der Waals surface area contributed by atoms with Crippen LogP contribution in [0.2, 0.25) is 0 Å². The minimum Gasteiger partial charge on any atom is -0.479 e. The minimum atomic E-state index is -1.90. The average Bonchev–Trinajstić information content (AvgIpc) is 3.24. The van der Waals surface area contributed by atoms with Gasteiger partial charge in [0.05, 0.1) is 6.61 Å². The van der Waals surface area contributed by atoms with E-state index in [1.165, 1.54) is 57.8 Å². The lowest BCUT2D eigenvalue weighted by molar-refractivity contribution is -0.301. The SMILES string of the molecule is CC/C=C\C/C=C\C/C=C\C/C=C\CCC(=O)OCC(COC1OC(C(=O)O)C(O)C(O)C1OC(=O)CCCCCCCCCCC)OC(=O)CCCCCCCCCCC. The van der Waals surface area contributed by atoms with Crippen LogP contribution < -0.4 is 0 Å². The Morgan fingerprint density at radius 2 is 1.03 bits per heavy atom. The predicted molar refractivity (Wildman–Crippen MR) is 239 cm³/mol. The minimum absolute atomic E-state index is 0.0557. The van der Waals surface area contributed by atoms with Crippen molar-refractivity contribution in [1.82, 2.24) is 0 Å². The summed E-state index contributed by atoms with van der Waals surface area (Å²) < 4.78 is 28.0. The lowest BCUT2D eigenvalue weighted by Crippen LogP contribution is -2.61. The van der Waals surface area contributed by atoms with E-state index in [-0.39, 0.29) is 25.9 Å². The number of hydrogen-bond donors (Lipinski definition) is 3. The molecule has 1 heterocycles. The van der Waals surface area contributed by atoms with E-state index in [1.807, 2.05) is 12.2 Å². The fourth-order valence-electron chi connectivity index (χ4n) is 6.79. The standard InChI is InChI=1S/C49H82O12/c1-4-7-10-13-16-19-20-21-22-25-26-29-32-35-41(50)57-38-40(59-42(51)36-33-30-27-23-17-14-11-8-5-2)39-58-49-47(45(54)44(53)46(61-49)48(55)56)60-43(52)37-34-31-28-24-18-15-12-9-6-3/h7,10,16,19,21-22,26,29,40,44-47,49,53-54H,4-6,8-9,11-15,17-18,20,23-25,27-28,30-39H2,1-3H3,(H,55,56)/b10-7-,19-16-,22-21-,29-26-. The lowest BCUT2D eigenvalue weighted by Gasteiger charge is -2.40. The number of aliphatic carboxylic acids is 1. The van der Waals surface area contributed by atoms with Crippen molar-refractivity contribution in [2.45, 2.75) is 225 Å². The summed E-state index contributed by atoms with van der Waals surface area (Å²) in [6.07, 6.45) is 30.1. The highest BCUT2D eigenvalue weighted by atomic mass is 16.7. The van der Waals surface area contributed by atoms with Crippen LogP contribution in [0.5, 0.6) is 0 Å². The third kappa shape index (κ3) is 29.6.